The molecule has 0 amide bonds. The number of nitrogens with one attached hydrogen (secondary N) is 1. The third-order valence-corrected chi connectivity index (χ3v) is 2.98. The summed E-state index contributed by atoms with van der Waals surface area (Å²) >= 11 is 0. The van der Waals surface area contributed by atoms with Crippen LogP contribution < -0.4 is 5.32 Å². The zero-order chi connectivity index (χ0) is 10.4. The standard InChI is InChI=1S/C12H22N2/c1-4-11(2)13-10-12(3)14-8-6-5-7-9-14/h1,11-13H,5-10H2,2-3H3. The Morgan fingerprint density at radius 3 is 2.50 bits per heavy atom. The molecule has 1 saturated heterocycles. The van der Waals surface area contributed by atoms with Crippen LogP contribution in [0.2, 0.25) is 0 Å². The van der Waals surface area contributed by atoms with E-state index in [1.165, 1.54) is 32.4 Å². The van der Waals surface area contributed by atoms with Gasteiger partial charge < -0.3 is 5.32 Å². The van der Waals surface area contributed by atoms with Crippen molar-refractivity contribution < 1.29 is 0 Å². The van der Waals surface area contributed by atoms with Gasteiger partial charge in [0, 0.05) is 12.6 Å². The maximum Gasteiger partial charge on any atom is 0.0658 e. The Kier molecular flexibility index (Phi) is 5.00. The number of hydrogen-bond acceptors (Lipinski definition) is 2. The molecular weight excluding hydrogens is 172 g/mol. The second-order valence-corrected chi connectivity index (χ2v) is 4.24. The molecule has 2 unspecified atom stereocenters. The van der Waals surface area contributed by atoms with Crippen LogP contribution in [-0.2, 0) is 0 Å². The fourth-order valence-electron chi connectivity index (χ4n) is 1.89. The molecule has 0 radical (unpaired) electrons. The van der Waals surface area contributed by atoms with Crippen molar-refractivity contribution in [1.82, 2.24) is 10.2 Å². The van der Waals surface area contributed by atoms with E-state index in [4.69, 9.17) is 6.42 Å². The topological polar surface area (TPSA) is 15.3 Å². The molecule has 2 nitrogen and oxygen atoms in total. The quantitative estimate of drug-likeness (QED) is 0.682. The van der Waals surface area contributed by atoms with Crippen LogP contribution in [0.25, 0.3) is 0 Å². The predicted octanol–water partition coefficient (Wildman–Crippen LogP) is 1.47. The average molecular weight is 194 g/mol. The minimum Gasteiger partial charge on any atom is -0.302 e. The van der Waals surface area contributed by atoms with Gasteiger partial charge >= 0.3 is 0 Å². The maximum atomic E-state index is 5.31. The van der Waals surface area contributed by atoms with E-state index >= 15 is 0 Å². The lowest BCUT2D eigenvalue weighted by Gasteiger charge is -2.32. The van der Waals surface area contributed by atoms with E-state index in [9.17, 15) is 0 Å². The Bertz CT molecular complexity index is 189. The molecule has 80 valence electrons. The minimum absolute atomic E-state index is 0.197. The van der Waals surface area contributed by atoms with Gasteiger partial charge in [-0.1, -0.05) is 12.3 Å². The second kappa shape index (κ2) is 6.06. The Morgan fingerprint density at radius 1 is 1.29 bits per heavy atom. The molecule has 1 aliphatic heterocycles. The normalized spacial score (nSPS) is 22.6. The molecule has 0 saturated carbocycles. The molecule has 14 heavy (non-hydrogen) atoms. The summed E-state index contributed by atoms with van der Waals surface area (Å²) < 4.78 is 0. The van der Waals surface area contributed by atoms with E-state index in [2.05, 4.69) is 23.1 Å². The van der Waals surface area contributed by atoms with Crippen LogP contribution in [0.3, 0.4) is 0 Å². The predicted molar refractivity (Wildman–Crippen MR) is 61.2 cm³/mol. The Labute approximate surface area is 88.1 Å². The highest BCUT2D eigenvalue weighted by atomic mass is 15.2. The Hall–Kier alpha value is -0.520. The highest BCUT2D eigenvalue weighted by Crippen LogP contribution is 2.11. The van der Waals surface area contributed by atoms with Crippen LogP contribution >= 0.6 is 0 Å². The highest BCUT2D eigenvalue weighted by Gasteiger charge is 2.16. The lowest BCUT2D eigenvalue weighted by molar-refractivity contribution is 0.170. The van der Waals surface area contributed by atoms with Crippen LogP contribution in [0.5, 0.6) is 0 Å². The van der Waals surface area contributed by atoms with Gasteiger partial charge in [0.15, 0.2) is 0 Å². The van der Waals surface area contributed by atoms with Crippen molar-refractivity contribution in [3.63, 3.8) is 0 Å². The lowest BCUT2D eigenvalue weighted by atomic mass is 10.1. The summed E-state index contributed by atoms with van der Waals surface area (Å²) in [5.74, 6) is 2.69. The third-order valence-electron chi connectivity index (χ3n) is 2.98. The first-order valence-corrected chi connectivity index (χ1v) is 5.67. The van der Waals surface area contributed by atoms with Crippen LogP contribution in [0.4, 0.5) is 0 Å². The van der Waals surface area contributed by atoms with E-state index in [0.717, 1.165) is 6.54 Å². The summed E-state index contributed by atoms with van der Waals surface area (Å²) in [6.45, 7) is 7.83. The van der Waals surface area contributed by atoms with E-state index in [-0.39, 0.29) is 6.04 Å². The average Bonchev–Trinajstić information content (AvgIpc) is 2.26. The zero-order valence-corrected chi connectivity index (χ0v) is 9.42. The van der Waals surface area contributed by atoms with E-state index < -0.39 is 0 Å². The highest BCUT2D eigenvalue weighted by molar-refractivity contribution is 4.96. The molecule has 0 aliphatic carbocycles. The number of rotatable bonds is 4. The summed E-state index contributed by atoms with van der Waals surface area (Å²) in [5.41, 5.74) is 0. The Morgan fingerprint density at radius 2 is 1.93 bits per heavy atom. The number of hydrogen-bond donors (Lipinski definition) is 1. The number of nitrogens with zero attached hydrogens (tertiary/aromatic N) is 1. The van der Waals surface area contributed by atoms with Crippen molar-refractivity contribution in [2.45, 2.75) is 45.2 Å². The van der Waals surface area contributed by atoms with Crippen LogP contribution in [0.1, 0.15) is 33.1 Å². The van der Waals surface area contributed by atoms with Crippen LogP contribution in [-0.4, -0.2) is 36.6 Å². The molecule has 0 aromatic heterocycles. The summed E-state index contributed by atoms with van der Waals surface area (Å²) in [4.78, 5) is 2.56. The van der Waals surface area contributed by atoms with Gasteiger partial charge in [0.1, 0.15) is 0 Å². The largest absolute Gasteiger partial charge is 0.302 e. The lowest BCUT2D eigenvalue weighted by Crippen LogP contribution is -2.44. The van der Waals surface area contributed by atoms with Crippen molar-refractivity contribution in [1.29, 1.82) is 0 Å². The second-order valence-electron chi connectivity index (χ2n) is 4.24. The van der Waals surface area contributed by atoms with Gasteiger partial charge in [0.2, 0.25) is 0 Å². The summed E-state index contributed by atoms with van der Waals surface area (Å²) in [7, 11) is 0. The van der Waals surface area contributed by atoms with Gasteiger partial charge in [0.05, 0.1) is 6.04 Å². The number of piperidine rings is 1. The molecule has 1 heterocycles. The minimum atomic E-state index is 0.197. The zero-order valence-electron chi connectivity index (χ0n) is 9.42. The van der Waals surface area contributed by atoms with Crippen LogP contribution in [0.15, 0.2) is 0 Å². The SMILES string of the molecule is C#CC(C)NCC(C)N1CCCCC1. The summed E-state index contributed by atoms with van der Waals surface area (Å²) in [6, 6.07) is 0.813. The molecule has 0 bridgehead atoms. The van der Waals surface area contributed by atoms with Gasteiger partial charge in [-0.05, 0) is 39.8 Å². The van der Waals surface area contributed by atoms with Gasteiger partial charge in [-0.2, -0.15) is 0 Å². The molecule has 1 fully saturated rings. The fraction of sp³-hybridized carbons (Fsp3) is 0.833. The molecule has 1 N–H and O–H groups in total. The molecular formula is C12H22N2. The van der Waals surface area contributed by atoms with Crippen molar-refractivity contribution in [3.8, 4) is 12.3 Å². The van der Waals surface area contributed by atoms with Crippen LogP contribution in [0, 0.1) is 12.3 Å². The molecule has 0 spiro atoms. The van der Waals surface area contributed by atoms with E-state index in [0.29, 0.717) is 6.04 Å². The Balaban J connectivity index is 2.20. The van der Waals surface area contributed by atoms with Crippen molar-refractivity contribution in [2.75, 3.05) is 19.6 Å². The first kappa shape index (κ1) is 11.6. The monoisotopic (exact) mass is 194 g/mol. The van der Waals surface area contributed by atoms with Gasteiger partial charge in [-0.15, -0.1) is 6.42 Å². The van der Waals surface area contributed by atoms with Gasteiger partial charge in [-0.25, -0.2) is 0 Å². The first-order valence-electron chi connectivity index (χ1n) is 5.67. The first-order chi connectivity index (χ1) is 6.74. The molecule has 2 atom stereocenters. The molecule has 1 rings (SSSR count). The van der Waals surface area contributed by atoms with Crippen molar-refractivity contribution in [2.24, 2.45) is 0 Å². The van der Waals surface area contributed by atoms with Gasteiger partial charge in [-0.3, -0.25) is 4.90 Å². The fourth-order valence-corrected chi connectivity index (χ4v) is 1.89. The maximum absolute atomic E-state index is 5.31. The van der Waals surface area contributed by atoms with E-state index in [1.807, 2.05) is 6.92 Å². The van der Waals surface area contributed by atoms with E-state index in [1.54, 1.807) is 0 Å². The molecule has 2 heteroatoms. The molecule has 0 aromatic carbocycles. The number of likely N-dealkylation sites (tertiary alicyclic amines) is 1. The molecule has 0 aromatic rings. The smallest absolute Gasteiger partial charge is 0.0658 e. The number of terminal acetylenes is 1. The van der Waals surface area contributed by atoms with Crippen molar-refractivity contribution in [3.05, 3.63) is 0 Å². The summed E-state index contributed by atoms with van der Waals surface area (Å²) in [6.07, 6.45) is 9.42. The molecule has 1 aliphatic rings. The van der Waals surface area contributed by atoms with Gasteiger partial charge in [0.25, 0.3) is 0 Å². The third kappa shape index (κ3) is 3.69. The van der Waals surface area contributed by atoms with Crippen molar-refractivity contribution >= 4 is 0 Å². The summed E-state index contributed by atoms with van der Waals surface area (Å²) in [5, 5.41) is 3.35.